The number of unbranched alkanes of at least 4 members (excludes halogenated alkanes) is 32. The van der Waals surface area contributed by atoms with Crippen molar-refractivity contribution in [3.8, 4) is 0 Å². The van der Waals surface area contributed by atoms with Crippen LogP contribution in [0.1, 0.15) is 245 Å². The number of hydrogen-bond acceptors (Lipinski definition) is 5. The fourth-order valence-corrected chi connectivity index (χ4v) is 8.07. The number of carbonyl (C=O) groups excluding carboxylic acids is 1. The highest BCUT2D eigenvalue weighted by molar-refractivity contribution is 7.85. The standard InChI is InChI=1S/C47H91NO6S/c1-3-5-7-9-11-13-15-17-19-21-22-23-24-26-27-29-31-33-35-37-39-41-45(49)44(43-55(52,53)54)48-47(51)46(50)42-40-38-36-34-32-30-28-25-20-18-16-14-12-10-8-6-4-2/h28,30,39,41,44-46,49-50H,3-27,29,31-38,40,42-43H2,1-2H3,(H,48,51)(H,52,53,54)/b30-28-,41-39+. The maximum Gasteiger partial charge on any atom is 0.267 e. The molecule has 4 N–H and O–H groups in total. The molecule has 0 heterocycles. The monoisotopic (exact) mass is 798 g/mol. The van der Waals surface area contributed by atoms with Crippen molar-refractivity contribution in [2.75, 3.05) is 5.75 Å². The first-order valence-corrected chi connectivity index (χ1v) is 25.3. The molecule has 8 heteroatoms. The van der Waals surface area contributed by atoms with Gasteiger partial charge in [0, 0.05) is 0 Å². The van der Waals surface area contributed by atoms with Crippen LogP contribution in [0.4, 0.5) is 0 Å². The quantitative estimate of drug-likeness (QED) is 0.0277. The first-order valence-electron chi connectivity index (χ1n) is 23.6. The van der Waals surface area contributed by atoms with Crippen LogP contribution < -0.4 is 5.32 Å². The van der Waals surface area contributed by atoms with Crippen molar-refractivity contribution in [2.45, 2.75) is 263 Å². The van der Waals surface area contributed by atoms with Gasteiger partial charge in [0.1, 0.15) is 6.10 Å². The van der Waals surface area contributed by atoms with Crippen LogP contribution in [-0.2, 0) is 14.9 Å². The third kappa shape index (κ3) is 40.8. The molecule has 0 saturated carbocycles. The van der Waals surface area contributed by atoms with Gasteiger partial charge >= 0.3 is 0 Å². The molecule has 0 aliphatic carbocycles. The van der Waals surface area contributed by atoms with Gasteiger partial charge in [0.25, 0.3) is 10.1 Å². The highest BCUT2D eigenvalue weighted by Gasteiger charge is 2.27. The molecular formula is C47H91NO6S. The lowest BCUT2D eigenvalue weighted by Crippen LogP contribution is -2.50. The Morgan fingerprint density at radius 2 is 0.800 bits per heavy atom. The topological polar surface area (TPSA) is 124 Å². The zero-order valence-corrected chi connectivity index (χ0v) is 37.0. The molecule has 7 nitrogen and oxygen atoms in total. The van der Waals surface area contributed by atoms with Crippen molar-refractivity contribution < 1.29 is 28.0 Å². The highest BCUT2D eigenvalue weighted by atomic mass is 32.2. The Morgan fingerprint density at radius 3 is 1.15 bits per heavy atom. The Hall–Kier alpha value is -1.22. The molecule has 0 aliphatic heterocycles. The molecule has 326 valence electrons. The van der Waals surface area contributed by atoms with E-state index in [1.54, 1.807) is 0 Å². The van der Waals surface area contributed by atoms with E-state index in [-0.39, 0.29) is 6.42 Å². The summed E-state index contributed by atoms with van der Waals surface area (Å²) in [7, 11) is -4.45. The molecule has 1 amide bonds. The molecule has 0 bridgehead atoms. The largest absolute Gasteiger partial charge is 0.387 e. The van der Waals surface area contributed by atoms with E-state index >= 15 is 0 Å². The summed E-state index contributed by atoms with van der Waals surface area (Å²) in [4.78, 5) is 12.6. The first-order chi connectivity index (χ1) is 26.7. The molecule has 0 radical (unpaired) electrons. The summed E-state index contributed by atoms with van der Waals surface area (Å²) in [5.74, 6) is -1.54. The number of allylic oxidation sites excluding steroid dienone is 3. The van der Waals surface area contributed by atoms with E-state index in [0.717, 1.165) is 51.4 Å². The third-order valence-electron chi connectivity index (χ3n) is 11.0. The maximum absolute atomic E-state index is 12.6. The van der Waals surface area contributed by atoms with Gasteiger partial charge in [-0.2, -0.15) is 8.42 Å². The van der Waals surface area contributed by atoms with Crippen molar-refractivity contribution in [1.82, 2.24) is 5.32 Å². The number of nitrogens with one attached hydrogen (secondary N) is 1. The smallest absolute Gasteiger partial charge is 0.267 e. The normalized spacial score (nSPS) is 13.9. The Balaban J connectivity index is 3.95. The van der Waals surface area contributed by atoms with Crippen LogP contribution in [0.15, 0.2) is 24.3 Å². The van der Waals surface area contributed by atoms with Gasteiger partial charge < -0.3 is 15.5 Å². The van der Waals surface area contributed by atoms with E-state index in [4.69, 9.17) is 0 Å². The zero-order chi connectivity index (χ0) is 40.5. The number of aliphatic hydroxyl groups is 2. The molecule has 0 aromatic carbocycles. The summed E-state index contributed by atoms with van der Waals surface area (Å²) >= 11 is 0. The van der Waals surface area contributed by atoms with Gasteiger partial charge in [-0.1, -0.05) is 224 Å². The SMILES string of the molecule is CCCCCCCCCCC/C=C\CCCCCCC(O)C(=O)NC(CS(=O)(=O)O)C(O)/C=C/CCCCCCCCCCCCCCCCCCCCC. The van der Waals surface area contributed by atoms with Gasteiger partial charge in [0.15, 0.2) is 0 Å². The van der Waals surface area contributed by atoms with Crippen molar-refractivity contribution in [3.05, 3.63) is 24.3 Å². The second-order valence-corrected chi connectivity index (χ2v) is 18.0. The van der Waals surface area contributed by atoms with E-state index in [2.05, 4.69) is 31.3 Å². The summed E-state index contributed by atoms with van der Waals surface area (Å²) in [6.07, 6.45) is 49.5. The van der Waals surface area contributed by atoms with E-state index < -0.39 is 40.0 Å². The van der Waals surface area contributed by atoms with Crippen molar-refractivity contribution in [3.63, 3.8) is 0 Å². The molecule has 0 rings (SSSR count). The Labute approximate surface area is 341 Å². The fraction of sp³-hybridized carbons (Fsp3) is 0.894. The van der Waals surface area contributed by atoms with Gasteiger partial charge in [-0.05, 0) is 44.9 Å². The number of rotatable bonds is 43. The maximum atomic E-state index is 12.6. The van der Waals surface area contributed by atoms with Crippen molar-refractivity contribution in [1.29, 1.82) is 0 Å². The minimum Gasteiger partial charge on any atom is -0.387 e. The molecule has 3 atom stereocenters. The minimum absolute atomic E-state index is 0.268. The van der Waals surface area contributed by atoms with Crippen LogP contribution >= 0.6 is 0 Å². The van der Waals surface area contributed by atoms with Crippen molar-refractivity contribution in [2.24, 2.45) is 0 Å². The Morgan fingerprint density at radius 1 is 0.491 bits per heavy atom. The van der Waals surface area contributed by atoms with Crippen LogP contribution in [0.2, 0.25) is 0 Å². The van der Waals surface area contributed by atoms with Crippen LogP contribution in [0.5, 0.6) is 0 Å². The van der Waals surface area contributed by atoms with E-state index in [1.165, 1.54) is 173 Å². The number of carbonyl (C=O) groups is 1. The van der Waals surface area contributed by atoms with Gasteiger partial charge in [0.2, 0.25) is 5.91 Å². The van der Waals surface area contributed by atoms with Gasteiger partial charge in [-0.15, -0.1) is 0 Å². The number of aliphatic hydroxyl groups excluding tert-OH is 2. The molecular weight excluding hydrogens is 707 g/mol. The number of hydrogen-bond donors (Lipinski definition) is 4. The number of amides is 1. The average molecular weight is 798 g/mol. The first kappa shape index (κ1) is 53.8. The minimum atomic E-state index is -4.45. The molecule has 0 aromatic rings. The molecule has 0 aromatic heterocycles. The summed E-state index contributed by atoms with van der Waals surface area (Å²) < 4.78 is 32.6. The van der Waals surface area contributed by atoms with E-state index in [1.807, 2.05) is 6.08 Å². The van der Waals surface area contributed by atoms with Gasteiger partial charge in [-0.3, -0.25) is 9.35 Å². The van der Waals surface area contributed by atoms with E-state index in [9.17, 15) is 28.0 Å². The van der Waals surface area contributed by atoms with E-state index in [0.29, 0.717) is 6.42 Å². The Bertz CT molecular complexity index is 984. The second kappa shape index (κ2) is 41.0. The van der Waals surface area contributed by atoms with Crippen molar-refractivity contribution >= 4 is 16.0 Å². The Kier molecular flexibility index (Phi) is 40.0. The van der Waals surface area contributed by atoms with Crippen LogP contribution in [0.25, 0.3) is 0 Å². The van der Waals surface area contributed by atoms with Gasteiger partial charge in [0.05, 0.1) is 17.9 Å². The third-order valence-corrected chi connectivity index (χ3v) is 11.8. The molecule has 0 aliphatic rings. The average Bonchev–Trinajstić information content (AvgIpc) is 3.15. The molecule has 0 spiro atoms. The fourth-order valence-electron chi connectivity index (χ4n) is 7.33. The lowest BCUT2D eigenvalue weighted by atomic mass is 10.0. The lowest BCUT2D eigenvalue weighted by Gasteiger charge is -2.22. The summed E-state index contributed by atoms with van der Waals surface area (Å²) in [6.45, 7) is 4.53. The zero-order valence-electron chi connectivity index (χ0n) is 36.2. The van der Waals surface area contributed by atoms with Crippen LogP contribution in [0, 0.1) is 0 Å². The lowest BCUT2D eigenvalue weighted by molar-refractivity contribution is -0.130. The summed E-state index contributed by atoms with van der Waals surface area (Å²) in [6, 6.07) is -1.24. The predicted molar refractivity (Wildman–Crippen MR) is 236 cm³/mol. The second-order valence-electron chi connectivity index (χ2n) is 16.5. The van der Waals surface area contributed by atoms with Crippen LogP contribution in [-0.4, -0.2) is 53.1 Å². The van der Waals surface area contributed by atoms with Gasteiger partial charge in [-0.25, -0.2) is 0 Å². The molecule has 0 fully saturated rings. The molecule has 3 unspecified atom stereocenters. The molecule has 0 saturated heterocycles. The molecule has 55 heavy (non-hydrogen) atoms. The summed E-state index contributed by atoms with van der Waals surface area (Å²) in [5.41, 5.74) is 0. The predicted octanol–water partition coefficient (Wildman–Crippen LogP) is 13.3. The highest BCUT2D eigenvalue weighted by Crippen LogP contribution is 2.16. The van der Waals surface area contributed by atoms with Crippen LogP contribution in [0.3, 0.4) is 0 Å². The summed E-state index contributed by atoms with van der Waals surface area (Å²) in [5, 5.41) is 23.5.